The molecule has 0 radical (unpaired) electrons. The predicted octanol–water partition coefficient (Wildman–Crippen LogP) is 4.86. The third-order valence-electron chi connectivity index (χ3n) is 7.05. The van der Waals surface area contributed by atoms with E-state index in [4.69, 9.17) is 10.5 Å². The van der Waals surface area contributed by atoms with Crippen molar-refractivity contribution in [2.45, 2.75) is 45.1 Å². The molecule has 1 aromatic carbocycles. The zero-order valence-electron chi connectivity index (χ0n) is 21.2. The zero-order chi connectivity index (χ0) is 26.5. The number of amides is 2. The van der Waals surface area contributed by atoms with Crippen molar-refractivity contribution in [3.8, 4) is 16.5 Å². The third-order valence-corrected chi connectivity index (χ3v) is 8.15. The van der Waals surface area contributed by atoms with E-state index in [0.29, 0.717) is 23.4 Å². The van der Waals surface area contributed by atoms with Crippen LogP contribution in [0.2, 0.25) is 0 Å². The van der Waals surface area contributed by atoms with E-state index in [1.54, 1.807) is 18.3 Å². The molecule has 8 nitrogen and oxygen atoms in total. The van der Waals surface area contributed by atoms with Crippen LogP contribution in [0.4, 0.5) is 10.2 Å². The Labute approximate surface area is 225 Å². The van der Waals surface area contributed by atoms with Crippen molar-refractivity contribution in [2.24, 2.45) is 17.6 Å². The first-order chi connectivity index (χ1) is 18.4. The highest BCUT2D eigenvalue weighted by Crippen LogP contribution is 2.34. The van der Waals surface area contributed by atoms with Gasteiger partial charge in [-0.05, 0) is 87.4 Å². The molecule has 1 saturated carbocycles. The topological polar surface area (TPSA) is 110 Å². The van der Waals surface area contributed by atoms with Gasteiger partial charge in [-0.25, -0.2) is 14.4 Å². The molecule has 0 bridgehead atoms. The molecule has 2 fully saturated rings. The summed E-state index contributed by atoms with van der Waals surface area (Å²) in [6, 6.07) is 10.3. The molecule has 0 atom stereocenters. The number of carbonyl (C=O) groups is 2. The SMILES string of the molecule is NC(=O)c1sc(-c2ccnc(NC(=O)C3CC3)c2)nc1OCCCC1CCN(Cc2ccc(F)cc2)CC1. The summed E-state index contributed by atoms with van der Waals surface area (Å²) in [5.74, 6) is 0.629. The van der Waals surface area contributed by atoms with E-state index in [9.17, 15) is 14.0 Å². The number of benzene rings is 1. The van der Waals surface area contributed by atoms with Crippen LogP contribution in [0.5, 0.6) is 5.88 Å². The molecule has 1 aliphatic heterocycles. The standard InChI is InChI=1S/C28H32FN5O3S/c29-22-7-3-19(4-8-22)17-34-13-10-18(11-14-34)2-1-15-37-27-24(25(30)35)38-28(33-27)21-9-12-31-23(16-21)32-26(36)20-5-6-20/h3-4,7-9,12,16,18,20H,1-2,5-6,10-11,13-15,17H2,(H2,30,35)(H,31,32,36). The average Bonchev–Trinajstić information content (AvgIpc) is 3.68. The van der Waals surface area contributed by atoms with Gasteiger partial charge in [-0.1, -0.05) is 12.1 Å². The van der Waals surface area contributed by atoms with Crippen LogP contribution in [0.1, 0.15) is 53.8 Å². The van der Waals surface area contributed by atoms with Crippen molar-refractivity contribution < 1.29 is 18.7 Å². The first kappa shape index (κ1) is 26.2. The summed E-state index contributed by atoms with van der Waals surface area (Å²) in [6.45, 7) is 3.36. The Balaban J connectivity index is 1.10. The maximum atomic E-state index is 13.1. The predicted molar refractivity (Wildman–Crippen MR) is 144 cm³/mol. The summed E-state index contributed by atoms with van der Waals surface area (Å²) in [4.78, 5) is 35.6. The molecule has 2 amide bonds. The van der Waals surface area contributed by atoms with Gasteiger partial charge in [0, 0.05) is 24.2 Å². The Bertz CT molecular complexity index is 1270. The highest BCUT2D eigenvalue weighted by Gasteiger charge is 2.30. The number of pyridine rings is 1. The van der Waals surface area contributed by atoms with Gasteiger partial charge in [0.25, 0.3) is 5.91 Å². The summed E-state index contributed by atoms with van der Waals surface area (Å²) >= 11 is 1.18. The number of primary amides is 1. The Morgan fingerprint density at radius 2 is 1.89 bits per heavy atom. The number of likely N-dealkylation sites (tertiary alicyclic amines) is 1. The number of nitrogens with zero attached hydrogens (tertiary/aromatic N) is 3. The van der Waals surface area contributed by atoms with Crippen LogP contribution in [0.15, 0.2) is 42.6 Å². The molecule has 2 aliphatic rings. The maximum Gasteiger partial charge on any atom is 0.264 e. The lowest BCUT2D eigenvalue weighted by Gasteiger charge is -2.32. The van der Waals surface area contributed by atoms with Gasteiger partial charge < -0.3 is 15.8 Å². The monoisotopic (exact) mass is 537 g/mol. The van der Waals surface area contributed by atoms with E-state index in [0.717, 1.165) is 69.3 Å². The minimum Gasteiger partial charge on any atom is -0.476 e. The minimum atomic E-state index is -0.575. The van der Waals surface area contributed by atoms with Gasteiger partial charge in [0.15, 0.2) is 4.88 Å². The number of piperidine rings is 1. The van der Waals surface area contributed by atoms with Gasteiger partial charge in [-0.15, -0.1) is 11.3 Å². The number of carbonyl (C=O) groups excluding carboxylic acids is 2. The molecule has 3 N–H and O–H groups in total. The van der Waals surface area contributed by atoms with Gasteiger partial charge in [-0.2, -0.15) is 0 Å². The smallest absolute Gasteiger partial charge is 0.264 e. The average molecular weight is 538 g/mol. The molecule has 0 spiro atoms. The fourth-order valence-electron chi connectivity index (χ4n) is 4.71. The van der Waals surface area contributed by atoms with E-state index in [1.165, 1.54) is 23.5 Å². The molecule has 2 aromatic heterocycles. The Morgan fingerprint density at radius 1 is 1.13 bits per heavy atom. The lowest BCUT2D eigenvalue weighted by Crippen LogP contribution is -2.33. The lowest BCUT2D eigenvalue weighted by atomic mass is 9.92. The fourth-order valence-corrected chi connectivity index (χ4v) is 5.57. The Morgan fingerprint density at radius 3 is 2.61 bits per heavy atom. The van der Waals surface area contributed by atoms with E-state index in [2.05, 4.69) is 20.2 Å². The fraction of sp³-hybridized carbons (Fsp3) is 0.429. The molecule has 0 unspecified atom stereocenters. The molecule has 3 heterocycles. The van der Waals surface area contributed by atoms with E-state index in [1.807, 2.05) is 12.1 Å². The summed E-state index contributed by atoms with van der Waals surface area (Å²) in [6.07, 6.45) is 7.58. The van der Waals surface area contributed by atoms with Crippen molar-refractivity contribution in [1.82, 2.24) is 14.9 Å². The van der Waals surface area contributed by atoms with Gasteiger partial charge in [-0.3, -0.25) is 14.5 Å². The molecule has 38 heavy (non-hydrogen) atoms. The molecular formula is C28H32FN5O3S. The van der Waals surface area contributed by atoms with Crippen LogP contribution in [0.25, 0.3) is 10.6 Å². The molecule has 5 rings (SSSR count). The minimum absolute atomic E-state index is 0.0193. The van der Waals surface area contributed by atoms with Gasteiger partial charge in [0.1, 0.15) is 16.6 Å². The molecule has 1 aliphatic carbocycles. The number of hydrogen-bond donors (Lipinski definition) is 2. The molecule has 200 valence electrons. The molecular weight excluding hydrogens is 505 g/mol. The molecule has 10 heteroatoms. The van der Waals surface area contributed by atoms with E-state index in [-0.39, 0.29) is 28.4 Å². The summed E-state index contributed by atoms with van der Waals surface area (Å²) < 4.78 is 19.0. The van der Waals surface area contributed by atoms with Crippen LogP contribution < -0.4 is 15.8 Å². The second kappa shape index (κ2) is 12.0. The quantitative estimate of drug-likeness (QED) is 0.338. The van der Waals surface area contributed by atoms with Crippen molar-refractivity contribution in [3.05, 3.63) is 58.9 Å². The number of nitrogens with two attached hydrogens (primary N) is 1. The number of rotatable bonds is 11. The summed E-state index contributed by atoms with van der Waals surface area (Å²) in [7, 11) is 0. The maximum absolute atomic E-state index is 13.1. The van der Waals surface area contributed by atoms with Gasteiger partial charge in [0.2, 0.25) is 11.8 Å². The van der Waals surface area contributed by atoms with E-state index < -0.39 is 5.91 Å². The second-order valence-electron chi connectivity index (χ2n) is 10.0. The lowest BCUT2D eigenvalue weighted by molar-refractivity contribution is -0.117. The number of aromatic nitrogens is 2. The van der Waals surface area contributed by atoms with Crippen molar-refractivity contribution >= 4 is 29.0 Å². The first-order valence-corrected chi connectivity index (χ1v) is 13.9. The number of nitrogens with one attached hydrogen (secondary N) is 1. The molecule has 3 aromatic rings. The van der Waals surface area contributed by atoms with E-state index >= 15 is 0 Å². The summed E-state index contributed by atoms with van der Waals surface area (Å²) in [5, 5.41) is 3.42. The number of thiazole rings is 1. The zero-order valence-corrected chi connectivity index (χ0v) is 22.0. The number of ether oxygens (including phenoxy) is 1. The van der Waals surface area contributed by atoms with Gasteiger partial charge in [0.05, 0.1) is 6.61 Å². The van der Waals surface area contributed by atoms with Crippen LogP contribution >= 0.6 is 11.3 Å². The van der Waals surface area contributed by atoms with Crippen LogP contribution in [-0.4, -0.2) is 46.4 Å². The summed E-state index contributed by atoms with van der Waals surface area (Å²) in [5.41, 5.74) is 7.47. The van der Waals surface area contributed by atoms with Crippen LogP contribution in [-0.2, 0) is 11.3 Å². The third kappa shape index (κ3) is 6.93. The first-order valence-electron chi connectivity index (χ1n) is 13.1. The van der Waals surface area contributed by atoms with Crippen molar-refractivity contribution in [1.29, 1.82) is 0 Å². The number of halogens is 1. The normalized spacial score (nSPS) is 16.3. The highest BCUT2D eigenvalue weighted by molar-refractivity contribution is 7.17. The Hall–Kier alpha value is -3.37. The molecule has 1 saturated heterocycles. The van der Waals surface area contributed by atoms with Crippen molar-refractivity contribution in [3.63, 3.8) is 0 Å². The number of hydrogen-bond acceptors (Lipinski definition) is 7. The number of anilines is 1. The highest BCUT2D eigenvalue weighted by atomic mass is 32.1. The largest absolute Gasteiger partial charge is 0.476 e. The van der Waals surface area contributed by atoms with Gasteiger partial charge >= 0.3 is 0 Å². The van der Waals surface area contributed by atoms with Crippen molar-refractivity contribution in [2.75, 3.05) is 25.0 Å². The Kier molecular flexibility index (Phi) is 8.29. The second-order valence-corrected chi connectivity index (χ2v) is 11.0. The van der Waals surface area contributed by atoms with Crippen LogP contribution in [0.3, 0.4) is 0 Å². The van der Waals surface area contributed by atoms with Crippen LogP contribution in [0, 0.1) is 17.7 Å².